The van der Waals surface area contributed by atoms with Crippen molar-refractivity contribution < 1.29 is 0 Å². The molecule has 2 heteroatoms. The van der Waals surface area contributed by atoms with Gasteiger partial charge in [-0.2, -0.15) is 0 Å². The normalized spacial score (nSPS) is 12.8. The van der Waals surface area contributed by atoms with Gasteiger partial charge in [0.1, 0.15) is 0 Å². The third-order valence-electron chi connectivity index (χ3n) is 2.72. The average molecular weight is 234 g/mol. The third kappa shape index (κ3) is 5.83. The molecular formula is C15H26N2. The Kier molecular flexibility index (Phi) is 4.31. The number of nitrogens with zero attached hydrogens (tertiary/aromatic N) is 1. The summed E-state index contributed by atoms with van der Waals surface area (Å²) in [4.78, 5) is 4.31. The highest BCUT2D eigenvalue weighted by Crippen LogP contribution is 2.26. The lowest BCUT2D eigenvalue weighted by atomic mass is 9.82. The molecule has 96 valence electrons. The Morgan fingerprint density at radius 1 is 1.12 bits per heavy atom. The summed E-state index contributed by atoms with van der Waals surface area (Å²) in [6, 6.07) is 4.20. The molecule has 0 aliphatic rings. The maximum Gasteiger partial charge on any atom is 0.0372 e. The first-order chi connectivity index (χ1) is 7.68. The molecule has 1 rings (SSSR count). The van der Waals surface area contributed by atoms with Crippen LogP contribution < -0.4 is 5.32 Å². The monoisotopic (exact) mass is 234 g/mol. The van der Waals surface area contributed by atoms with E-state index in [0.29, 0.717) is 5.41 Å². The minimum absolute atomic E-state index is 0.156. The van der Waals surface area contributed by atoms with Gasteiger partial charge in [-0.05, 0) is 44.2 Å². The van der Waals surface area contributed by atoms with Crippen molar-refractivity contribution in [1.29, 1.82) is 0 Å². The lowest BCUT2D eigenvalue weighted by Gasteiger charge is -2.33. The molecule has 0 amide bonds. The van der Waals surface area contributed by atoms with Crippen LogP contribution in [0.15, 0.2) is 18.3 Å². The summed E-state index contributed by atoms with van der Waals surface area (Å²) < 4.78 is 0. The lowest BCUT2D eigenvalue weighted by molar-refractivity contribution is 0.240. The highest BCUT2D eigenvalue weighted by molar-refractivity contribution is 5.13. The molecule has 0 saturated carbocycles. The van der Waals surface area contributed by atoms with Gasteiger partial charge in [0.15, 0.2) is 0 Å². The first-order valence-corrected chi connectivity index (χ1v) is 6.35. The van der Waals surface area contributed by atoms with Crippen LogP contribution in [0.5, 0.6) is 0 Å². The van der Waals surface area contributed by atoms with Crippen molar-refractivity contribution in [3.63, 3.8) is 0 Å². The first kappa shape index (κ1) is 14.2. The number of hydrogen-bond acceptors (Lipinski definition) is 2. The van der Waals surface area contributed by atoms with Crippen molar-refractivity contribution >= 4 is 0 Å². The fraction of sp³-hybridized carbons (Fsp3) is 0.667. The molecule has 0 fully saturated rings. The van der Waals surface area contributed by atoms with E-state index >= 15 is 0 Å². The van der Waals surface area contributed by atoms with Crippen molar-refractivity contribution in [2.45, 2.75) is 60.0 Å². The van der Waals surface area contributed by atoms with E-state index in [0.717, 1.165) is 18.7 Å². The van der Waals surface area contributed by atoms with E-state index in [9.17, 15) is 0 Å². The molecule has 17 heavy (non-hydrogen) atoms. The molecule has 0 bridgehead atoms. The fourth-order valence-corrected chi connectivity index (χ4v) is 2.33. The minimum Gasteiger partial charge on any atom is -0.308 e. The molecule has 0 spiro atoms. The SMILES string of the molecule is Cc1ccc(CNC(C)(C)CC(C)(C)C)cn1. The van der Waals surface area contributed by atoms with Crippen LogP contribution in [0, 0.1) is 12.3 Å². The molecule has 2 nitrogen and oxygen atoms in total. The van der Waals surface area contributed by atoms with E-state index < -0.39 is 0 Å². The Labute approximate surface area is 106 Å². The second kappa shape index (κ2) is 5.18. The van der Waals surface area contributed by atoms with Gasteiger partial charge in [0.25, 0.3) is 0 Å². The summed E-state index contributed by atoms with van der Waals surface area (Å²) in [5.74, 6) is 0. The highest BCUT2D eigenvalue weighted by atomic mass is 15.0. The molecule has 1 aromatic heterocycles. The molecule has 0 aliphatic carbocycles. The number of pyridine rings is 1. The topological polar surface area (TPSA) is 24.9 Å². The second-order valence-corrected chi connectivity index (χ2v) is 6.78. The summed E-state index contributed by atoms with van der Waals surface area (Å²) in [6.07, 6.45) is 3.11. The first-order valence-electron chi connectivity index (χ1n) is 6.35. The van der Waals surface area contributed by atoms with Crippen LogP contribution in [0.4, 0.5) is 0 Å². The lowest BCUT2D eigenvalue weighted by Crippen LogP contribution is -2.41. The van der Waals surface area contributed by atoms with Gasteiger partial charge >= 0.3 is 0 Å². The largest absolute Gasteiger partial charge is 0.308 e. The van der Waals surface area contributed by atoms with Crippen LogP contribution in [0.1, 0.15) is 52.3 Å². The van der Waals surface area contributed by atoms with E-state index in [2.05, 4.69) is 57.1 Å². The zero-order valence-corrected chi connectivity index (χ0v) is 12.1. The maximum absolute atomic E-state index is 4.31. The van der Waals surface area contributed by atoms with Crippen LogP contribution >= 0.6 is 0 Å². The Morgan fingerprint density at radius 3 is 2.24 bits per heavy atom. The predicted molar refractivity (Wildman–Crippen MR) is 74.0 cm³/mol. The van der Waals surface area contributed by atoms with Crippen molar-refractivity contribution in [2.75, 3.05) is 0 Å². The maximum atomic E-state index is 4.31. The number of hydrogen-bond donors (Lipinski definition) is 1. The second-order valence-electron chi connectivity index (χ2n) is 6.78. The smallest absolute Gasteiger partial charge is 0.0372 e. The number of aromatic nitrogens is 1. The quantitative estimate of drug-likeness (QED) is 0.859. The van der Waals surface area contributed by atoms with Gasteiger partial charge in [0, 0.05) is 24.0 Å². The molecule has 0 radical (unpaired) electrons. The Hall–Kier alpha value is -0.890. The van der Waals surface area contributed by atoms with Crippen molar-refractivity contribution in [3.05, 3.63) is 29.6 Å². The molecule has 0 aromatic carbocycles. The van der Waals surface area contributed by atoms with E-state index in [4.69, 9.17) is 0 Å². The Morgan fingerprint density at radius 2 is 1.76 bits per heavy atom. The standard InChI is InChI=1S/C15H26N2/c1-12-7-8-13(9-16-12)10-17-15(5,6)11-14(2,3)4/h7-9,17H,10-11H2,1-6H3. The van der Waals surface area contributed by atoms with Crippen LogP contribution in [0.3, 0.4) is 0 Å². The zero-order valence-electron chi connectivity index (χ0n) is 12.1. The fourth-order valence-electron chi connectivity index (χ4n) is 2.33. The van der Waals surface area contributed by atoms with Crippen LogP contribution in [-0.2, 0) is 6.54 Å². The van der Waals surface area contributed by atoms with E-state index in [1.165, 1.54) is 5.56 Å². The summed E-state index contributed by atoms with van der Waals surface area (Å²) in [7, 11) is 0. The molecule has 0 saturated heterocycles. The third-order valence-corrected chi connectivity index (χ3v) is 2.72. The molecule has 0 atom stereocenters. The number of rotatable bonds is 4. The van der Waals surface area contributed by atoms with Crippen molar-refractivity contribution in [2.24, 2.45) is 5.41 Å². The van der Waals surface area contributed by atoms with Crippen molar-refractivity contribution in [1.82, 2.24) is 10.3 Å². The summed E-state index contributed by atoms with van der Waals surface area (Å²) in [5, 5.41) is 3.61. The summed E-state index contributed by atoms with van der Waals surface area (Å²) in [6.45, 7) is 14.3. The van der Waals surface area contributed by atoms with Crippen LogP contribution in [0.25, 0.3) is 0 Å². The van der Waals surface area contributed by atoms with Gasteiger partial charge in [-0.3, -0.25) is 4.98 Å². The average Bonchev–Trinajstić information content (AvgIpc) is 2.13. The van der Waals surface area contributed by atoms with Crippen LogP contribution in [0.2, 0.25) is 0 Å². The number of aryl methyl sites for hydroxylation is 1. The van der Waals surface area contributed by atoms with E-state index in [-0.39, 0.29) is 5.54 Å². The number of nitrogens with one attached hydrogen (secondary N) is 1. The van der Waals surface area contributed by atoms with Gasteiger partial charge in [-0.25, -0.2) is 0 Å². The molecule has 0 aliphatic heterocycles. The minimum atomic E-state index is 0.156. The Balaban J connectivity index is 2.52. The van der Waals surface area contributed by atoms with Gasteiger partial charge in [0.2, 0.25) is 0 Å². The zero-order chi connectivity index (χ0) is 13.1. The molecule has 1 N–H and O–H groups in total. The van der Waals surface area contributed by atoms with E-state index in [1.807, 2.05) is 13.1 Å². The van der Waals surface area contributed by atoms with Gasteiger partial charge in [-0.15, -0.1) is 0 Å². The highest BCUT2D eigenvalue weighted by Gasteiger charge is 2.24. The molecular weight excluding hydrogens is 208 g/mol. The summed E-state index contributed by atoms with van der Waals surface area (Å²) in [5.41, 5.74) is 2.82. The van der Waals surface area contributed by atoms with Gasteiger partial charge < -0.3 is 5.32 Å². The predicted octanol–water partition coefficient (Wildman–Crippen LogP) is 3.69. The van der Waals surface area contributed by atoms with Gasteiger partial charge in [-0.1, -0.05) is 26.8 Å². The molecule has 1 aromatic rings. The van der Waals surface area contributed by atoms with Crippen molar-refractivity contribution in [3.8, 4) is 0 Å². The van der Waals surface area contributed by atoms with E-state index in [1.54, 1.807) is 0 Å². The van der Waals surface area contributed by atoms with Crippen LogP contribution in [-0.4, -0.2) is 10.5 Å². The van der Waals surface area contributed by atoms with Gasteiger partial charge in [0.05, 0.1) is 0 Å². The molecule has 1 heterocycles. The Bertz CT molecular complexity index is 344. The molecule has 0 unspecified atom stereocenters. The summed E-state index contributed by atoms with van der Waals surface area (Å²) >= 11 is 0.